The molecule has 2 amide bonds. The van der Waals surface area contributed by atoms with Gasteiger partial charge in [-0.1, -0.05) is 48.5 Å². The van der Waals surface area contributed by atoms with Crippen LogP contribution in [-0.4, -0.2) is 52.4 Å². The first-order chi connectivity index (χ1) is 18.0. The average molecular weight is 494 g/mol. The molecule has 0 N–H and O–H groups in total. The molecule has 37 heavy (non-hydrogen) atoms. The Morgan fingerprint density at radius 3 is 2.03 bits per heavy atom. The second kappa shape index (κ2) is 10.7. The van der Waals surface area contributed by atoms with Gasteiger partial charge in [0, 0.05) is 43.6 Å². The van der Waals surface area contributed by atoms with Gasteiger partial charge in [0.15, 0.2) is 0 Å². The third kappa shape index (κ3) is 5.23. The lowest BCUT2D eigenvalue weighted by molar-refractivity contribution is -0.127. The van der Waals surface area contributed by atoms with Gasteiger partial charge < -0.3 is 14.4 Å². The number of hydrogen-bond donors (Lipinski definition) is 0. The third-order valence-corrected chi connectivity index (χ3v) is 6.73. The van der Waals surface area contributed by atoms with Crippen LogP contribution in [0.4, 0.5) is 4.39 Å². The highest BCUT2D eigenvalue weighted by Gasteiger charge is 2.27. The van der Waals surface area contributed by atoms with Crippen molar-refractivity contribution >= 4 is 17.9 Å². The van der Waals surface area contributed by atoms with E-state index in [1.165, 1.54) is 12.1 Å². The number of amides is 2. The predicted molar refractivity (Wildman–Crippen MR) is 144 cm³/mol. The fraction of sp³-hybridized carbons (Fsp3) is 0.161. The Labute approximate surface area is 216 Å². The zero-order chi connectivity index (χ0) is 25.8. The van der Waals surface area contributed by atoms with E-state index in [4.69, 9.17) is 0 Å². The second-order valence-electron chi connectivity index (χ2n) is 9.07. The van der Waals surface area contributed by atoms with Crippen molar-refractivity contribution in [1.82, 2.24) is 14.4 Å². The lowest BCUT2D eigenvalue weighted by atomic mass is 10.1. The minimum Gasteiger partial charge on any atom is -0.336 e. The van der Waals surface area contributed by atoms with E-state index in [1.807, 2.05) is 84.3 Å². The molecule has 0 radical (unpaired) electrons. The zero-order valence-electron chi connectivity index (χ0n) is 20.7. The second-order valence-corrected chi connectivity index (χ2v) is 9.07. The molecule has 3 aromatic carbocycles. The van der Waals surface area contributed by atoms with Crippen molar-refractivity contribution in [2.75, 3.05) is 26.2 Å². The summed E-state index contributed by atoms with van der Waals surface area (Å²) in [6.45, 7) is 3.82. The Kier molecular flexibility index (Phi) is 6.99. The van der Waals surface area contributed by atoms with Crippen molar-refractivity contribution in [2.24, 2.45) is 0 Å². The average Bonchev–Trinajstić information content (AvgIpc) is 3.29. The first-order valence-electron chi connectivity index (χ1n) is 12.4. The number of carbonyl (C=O) groups is 2. The van der Waals surface area contributed by atoms with Gasteiger partial charge in [0.05, 0.1) is 11.3 Å². The molecule has 5 rings (SSSR count). The van der Waals surface area contributed by atoms with E-state index in [2.05, 4.69) is 0 Å². The molecule has 186 valence electrons. The zero-order valence-corrected chi connectivity index (χ0v) is 20.7. The summed E-state index contributed by atoms with van der Waals surface area (Å²) in [4.78, 5) is 29.9. The van der Waals surface area contributed by atoms with Gasteiger partial charge in [0.25, 0.3) is 5.91 Å². The number of carbonyl (C=O) groups excluding carboxylic acids is 2. The molecule has 1 saturated heterocycles. The van der Waals surface area contributed by atoms with Crippen LogP contribution in [-0.2, 0) is 4.79 Å². The molecule has 1 aromatic heterocycles. The summed E-state index contributed by atoms with van der Waals surface area (Å²) in [7, 11) is 0. The largest absolute Gasteiger partial charge is 0.336 e. The highest BCUT2D eigenvalue weighted by atomic mass is 19.1. The molecule has 0 unspecified atom stereocenters. The molecule has 0 bridgehead atoms. The van der Waals surface area contributed by atoms with Crippen LogP contribution in [0.2, 0.25) is 0 Å². The van der Waals surface area contributed by atoms with Crippen LogP contribution in [0.5, 0.6) is 0 Å². The van der Waals surface area contributed by atoms with Crippen LogP contribution in [0.15, 0.2) is 97.1 Å². The van der Waals surface area contributed by atoms with Gasteiger partial charge >= 0.3 is 0 Å². The number of aromatic nitrogens is 1. The molecule has 0 aliphatic carbocycles. The normalized spacial score (nSPS) is 13.8. The number of piperazine rings is 1. The molecule has 0 saturated carbocycles. The molecule has 0 atom stereocenters. The highest BCUT2D eigenvalue weighted by Crippen LogP contribution is 2.30. The van der Waals surface area contributed by atoms with Crippen molar-refractivity contribution in [1.29, 1.82) is 0 Å². The van der Waals surface area contributed by atoms with Crippen LogP contribution >= 0.6 is 0 Å². The fourth-order valence-corrected chi connectivity index (χ4v) is 4.70. The molecule has 2 heterocycles. The molecule has 1 fully saturated rings. The Balaban J connectivity index is 1.35. The van der Waals surface area contributed by atoms with Crippen molar-refractivity contribution < 1.29 is 14.0 Å². The molecule has 0 spiro atoms. The van der Waals surface area contributed by atoms with Gasteiger partial charge in [-0.15, -0.1) is 0 Å². The Morgan fingerprint density at radius 2 is 1.38 bits per heavy atom. The molecule has 5 nitrogen and oxygen atoms in total. The third-order valence-electron chi connectivity index (χ3n) is 6.73. The van der Waals surface area contributed by atoms with Crippen LogP contribution in [0.3, 0.4) is 0 Å². The minimum atomic E-state index is -0.305. The molecule has 6 heteroatoms. The van der Waals surface area contributed by atoms with E-state index in [9.17, 15) is 14.0 Å². The Morgan fingerprint density at radius 1 is 0.784 bits per heavy atom. The first-order valence-corrected chi connectivity index (χ1v) is 12.4. The molecule has 1 aliphatic heterocycles. The predicted octanol–water partition coefficient (Wildman–Crippen LogP) is 5.59. The summed E-state index contributed by atoms with van der Waals surface area (Å²) in [5.74, 6) is -0.427. The van der Waals surface area contributed by atoms with Crippen LogP contribution in [0, 0.1) is 12.7 Å². The van der Waals surface area contributed by atoms with Crippen LogP contribution in [0.25, 0.3) is 23.0 Å². The molecule has 4 aromatic rings. The number of rotatable bonds is 5. The summed E-state index contributed by atoms with van der Waals surface area (Å²) >= 11 is 0. The topological polar surface area (TPSA) is 45.6 Å². The summed E-state index contributed by atoms with van der Waals surface area (Å²) in [6.07, 6.45) is 3.40. The maximum absolute atomic E-state index is 13.6. The van der Waals surface area contributed by atoms with E-state index in [1.54, 1.807) is 28.0 Å². The number of benzene rings is 3. The number of hydrogen-bond acceptors (Lipinski definition) is 2. The van der Waals surface area contributed by atoms with Gasteiger partial charge in [-0.3, -0.25) is 9.59 Å². The maximum Gasteiger partial charge on any atom is 0.255 e. The summed E-state index contributed by atoms with van der Waals surface area (Å²) in [5.41, 5.74) is 4.98. The highest BCUT2D eigenvalue weighted by molar-refractivity contribution is 5.98. The standard InChI is InChI=1S/C31H28FN3O2/c1-23-28(22-29(25-13-15-26(32)16-14-25)35(23)27-10-6-3-7-11-27)31(37)34-20-18-33(19-21-34)30(36)17-12-24-8-4-2-5-9-24/h2-17,22H,18-21H2,1H3/b17-12+. The summed E-state index contributed by atoms with van der Waals surface area (Å²) in [6, 6.07) is 27.7. The van der Waals surface area contributed by atoms with E-state index in [-0.39, 0.29) is 17.6 Å². The Bertz CT molecular complexity index is 1420. The summed E-state index contributed by atoms with van der Waals surface area (Å²) < 4.78 is 15.6. The lowest BCUT2D eigenvalue weighted by Crippen LogP contribution is -2.50. The monoisotopic (exact) mass is 493 g/mol. The number of nitrogens with zero attached hydrogens (tertiary/aromatic N) is 3. The van der Waals surface area contributed by atoms with Crippen LogP contribution < -0.4 is 0 Å². The van der Waals surface area contributed by atoms with Crippen molar-refractivity contribution in [3.05, 3.63) is 120 Å². The lowest BCUT2D eigenvalue weighted by Gasteiger charge is -2.34. The smallest absolute Gasteiger partial charge is 0.255 e. The van der Waals surface area contributed by atoms with E-state index < -0.39 is 0 Å². The molecular formula is C31H28FN3O2. The fourth-order valence-electron chi connectivity index (χ4n) is 4.70. The Hall–Kier alpha value is -4.45. The number of para-hydroxylation sites is 1. The van der Waals surface area contributed by atoms with Crippen molar-refractivity contribution in [3.8, 4) is 16.9 Å². The minimum absolute atomic E-state index is 0.0547. The van der Waals surface area contributed by atoms with Gasteiger partial charge in [-0.25, -0.2) is 4.39 Å². The van der Waals surface area contributed by atoms with E-state index in [0.717, 1.165) is 28.2 Å². The van der Waals surface area contributed by atoms with Crippen molar-refractivity contribution in [2.45, 2.75) is 6.92 Å². The first kappa shape index (κ1) is 24.3. The quantitative estimate of drug-likeness (QED) is 0.340. The van der Waals surface area contributed by atoms with Gasteiger partial charge in [-0.2, -0.15) is 0 Å². The number of halogens is 1. The van der Waals surface area contributed by atoms with E-state index >= 15 is 0 Å². The molecular weight excluding hydrogens is 465 g/mol. The molecule has 1 aliphatic rings. The van der Waals surface area contributed by atoms with Gasteiger partial charge in [0.2, 0.25) is 5.91 Å². The van der Waals surface area contributed by atoms with Gasteiger partial charge in [0.1, 0.15) is 5.82 Å². The summed E-state index contributed by atoms with van der Waals surface area (Å²) in [5, 5.41) is 0. The van der Waals surface area contributed by atoms with Crippen LogP contribution in [0.1, 0.15) is 21.6 Å². The van der Waals surface area contributed by atoms with Gasteiger partial charge in [-0.05, 0) is 66.6 Å². The van der Waals surface area contributed by atoms with Crippen molar-refractivity contribution in [3.63, 3.8) is 0 Å². The maximum atomic E-state index is 13.6. The SMILES string of the molecule is Cc1c(C(=O)N2CCN(C(=O)/C=C/c3ccccc3)CC2)cc(-c2ccc(F)cc2)n1-c1ccccc1. The van der Waals surface area contributed by atoms with E-state index in [0.29, 0.717) is 31.7 Å².